The highest BCUT2D eigenvalue weighted by molar-refractivity contribution is 6.02. The molecule has 5 N–H and O–H groups in total. The fraction of sp³-hybridized carbons (Fsp3) is 0.767. The molecule has 5 rings (SSSR count). The van der Waals surface area contributed by atoms with Gasteiger partial charge in [0.2, 0.25) is 0 Å². The van der Waals surface area contributed by atoms with Crippen LogP contribution in [0.5, 0.6) is 0 Å². The summed E-state index contributed by atoms with van der Waals surface area (Å²) in [6.45, 7) is 10.1. The van der Waals surface area contributed by atoms with Crippen molar-refractivity contribution in [3.05, 3.63) is 23.3 Å². The molecule has 0 amide bonds. The Labute approximate surface area is 228 Å². The molecule has 9 heteroatoms. The SMILES string of the molecule is CC(CC(=O)C[C@](C)(O)C1=C[C@@H](O)[C@]2(C)[C@]1(C)C(=O)C=C1[C@]23O[C@H]3CC2C(C)(CO)[C@@H](O)CC[C@]12C)C(=O)O. The fourth-order valence-corrected chi connectivity index (χ4v) is 9.28. The second-order valence-electron chi connectivity index (χ2n) is 14.0. The molecule has 0 aromatic carbocycles. The number of allylic oxidation sites excluding steroid dienone is 1. The van der Waals surface area contributed by atoms with Gasteiger partial charge in [0.15, 0.2) is 5.78 Å². The van der Waals surface area contributed by atoms with Crippen molar-refractivity contribution in [3.8, 4) is 0 Å². The zero-order valence-corrected chi connectivity index (χ0v) is 23.7. The summed E-state index contributed by atoms with van der Waals surface area (Å²) in [7, 11) is 0. The average Bonchev–Trinajstić information content (AvgIpc) is 3.53. The zero-order chi connectivity index (χ0) is 29.1. The Morgan fingerprint density at radius 3 is 2.44 bits per heavy atom. The highest BCUT2D eigenvalue weighted by atomic mass is 16.6. The Morgan fingerprint density at radius 1 is 1.21 bits per heavy atom. The molecule has 1 aliphatic heterocycles. The molecular formula is C30H42O9. The lowest BCUT2D eigenvalue weighted by atomic mass is 9.40. The summed E-state index contributed by atoms with van der Waals surface area (Å²) in [4.78, 5) is 38.3. The van der Waals surface area contributed by atoms with E-state index in [-0.39, 0.29) is 42.8 Å². The van der Waals surface area contributed by atoms with Gasteiger partial charge in [-0.2, -0.15) is 0 Å². The second-order valence-corrected chi connectivity index (χ2v) is 14.0. The van der Waals surface area contributed by atoms with Crippen LogP contribution in [0.2, 0.25) is 0 Å². The minimum absolute atomic E-state index is 0.144. The normalized spacial score (nSPS) is 48.4. The number of hydrogen-bond donors (Lipinski definition) is 5. The van der Waals surface area contributed by atoms with Crippen molar-refractivity contribution >= 4 is 17.5 Å². The van der Waals surface area contributed by atoms with E-state index in [4.69, 9.17) is 4.74 Å². The summed E-state index contributed by atoms with van der Waals surface area (Å²) >= 11 is 0. The highest BCUT2D eigenvalue weighted by Crippen LogP contribution is 2.79. The number of fused-ring (bicyclic) bond motifs is 3. The van der Waals surface area contributed by atoms with Gasteiger partial charge in [0.05, 0.1) is 41.9 Å². The van der Waals surface area contributed by atoms with Gasteiger partial charge in [-0.1, -0.05) is 33.8 Å². The molecule has 11 atom stereocenters. The van der Waals surface area contributed by atoms with Crippen LogP contribution >= 0.6 is 0 Å². The maximum Gasteiger partial charge on any atom is 0.306 e. The Hall–Kier alpha value is -1.91. The third-order valence-corrected chi connectivity index (χ3v) is 11.9. The Bertz CT molecular complexity index is 1200. The van der Waals surface area contributed by atoms with E-state index in [1.54, 1.807) is 13.0 Å². The molecule has 216 valence electrons. The van der Waals surface area contributed by atoms with Crippen LogP contribution in [0.15, 0.2) is 23.3 Å². The first-order valence-electron chi connectivity index (χ1n) is 14.0. The average molecular weight is 547 g/mol. The highest BCUT2D eigenvalue weighted by Gasteiger charge is 2.85. The molecular weight excluding hydrogens is 504 g/mol. The van der Waals surface area contributed by atoms with Crippen molar-refractivity contribution in [2.75, 3.05) is 6.61 Å². The van der Waals surface area contributed by atoms with Crippen molar-refractivity contribution in [1.29, 1.82) is 0 Å². The van der Waals surface area contributed by atoms with Crippen molar-refractivity contribution in [3.63, 3.8) is 0 Å². The van der Waals surface area contributed by atoms with Crippen LogP contribution in [-0.4, -0.2) is 79.2 Å². The first kappa shape index (κ1) is 28.6. The number of carboxylic acids is 1. The number of rotatable bonds is 7. The summed E-state index contributed by atoms with van der Waals surface area (Å²) in [6, 6.07) is 0. The number of ether oxygens (including phenoxy) is 1. The maximum absolute atomic E-state index is 14.2. The van der Waals surface area contributed by atoms with Gasteiger partial charge in [0.1, 0.15) is 11.4 Å². The van der Waals surface area contributed by atoms with E-state index in [0.29, 0.717) is 19.3 Å². The van der Waals surface area contributed by atoms with Gasteiger partial charge in [-0.15, -0.1) is 0 Å². The molecule has 1 spiro atoms. The number of aliphatic hydroxyl groups excluding tert-OH is 3. The first-order valence-corrected chi connectivity index (χ1v) is 14.0. The van der Waals surface area contributed by atoms with Gasteiger partial charge in [0, 0.05) is 23.7 Å². The number of ketones is 2. The van der Waals surface area contributed by atoms with Crippen LogP contribution < -0.4 is 0 Å². The van der Waals surface area contributed by atoms with Crippen LogP contribution in [0.25, 0.3) is 0 Å². The molecule has 39 heavy (non-hydrogen) atoms. The van der Waals surface area contributed by atoms with E-state index < -0.39 is 62.7 Å². The number of aliphatic carboxylic acids is 1. The standard InChI is InChI=1S/C30H42O9/c1-15(24(36)37)9-16(32)13-27(4,38)19-11-22(35)29(6)28(19,5)21(34)10-18-25(2)8-7-20(33)26(3,14-31)17(25)12-23-30(18,29)39-23/h10-11,15,17,20,22-23,31,33,35,38H,7-9,12-14H2,1-6H3,(H,36,37)/t15?,17?,20-,22+,23-,25-,26?,27-,28-,29+,30+/m0/s1. The lowest BCUT2D eigenvalue weighted by Crippen LogP contribution is -2.67. The number of carbonyl (C=O) groups excluding carboxylic acids is 2. The number of aliphatic hydroxyl groups is 4. The number of Topliss-reactive ketones (excluding diaryl/α,β-unsaturated/α-hetero) is 1. The fourth-order valence-electron chi connectivity index (χ4n) is 9.28. The van der Waals surface area contributed by atoms with E-state index in [2.05, 4.69) is 6.92 Å². The molecule has 5 aliphatic rings. The summed E-state index contributed by atoms with van der Waals surface area (Å²) in [6.07, 6.45) is 1.88. The largest absolute Gasteiger partial charge is 0.481 e. The predicted octanol–water partition coefficient (Wildman–Crippen LogP) is 1.95. The number of carbonyl (C=O) groups is 3. The molecule has 0 bridgehead atoms. The quantitative estimate of drug-likeness (QED) is 0.237. The van der Waals surface area contributed by atoms with Crippen LogP contribution in [0.3, 0.4) is 0 Å². The molecule has 3 unspecified atom stereocenters. The Balaban J connectivity index is 1.57. The van der Waals surface area contributed by atoms with Crippen molar-refractivity contribution in [1.82, 2.24) is 0 Å². The van der Waals surface area contributed by atoms with Gasteiger partial charge >= 0.3 is 5.97 Å². The van der Waals surface area contributed by atoms with Crippen molar-refractivity contribution in [2.24, 2.45) is 33.5 Å². The first-order chi connectivity index (χ1) is 17.9. The van der Waals surface area contributed by atoms with Gasteiger partial charge in [-0.3, -0.25) is 14.4 Å². The minimum Gasteiger partial charge on any atom is -0.481 e. The van der Waals surface area contributed by atoms with E-state index in [9.17, 15) is 39.9 Å². The summed E-state index contributed by atoms with van der Waals surface area (Å²) < 4.78 is 6.53. The van der Waals surface area contributed by atoms with Gasteiger partial charge in [-0.25, -0.2) is 0 Å². The second kappa shape index (κ2) is 8.32. The van der Waals surface area contributed by atoms with E-state index >= 15 is 0 Å². The van der Waals surface area contributed by atoms with Crippen molar-refractivity contribution in [2.45, 2.75) is 103 Å². The van der Waals surface area contributed by atoms with Gasteiger partial charge in [-0.05, 0) is 61.7 Å². The Morgan fingerprint density at radius 2 is 1.85 bits per heavy atom. The third-order valence-electron chi connectivity index (χ3n) is 11.9. The molecule has 9 nitrogen and oxygen atoms in total. The van der Waals surface area contributed by atoms with Crippen molar-refractivity contribution < 1.29 is 44.7 Å². The lowest BCUT2D eigenvalue weighted by molar-refractivity contribution is -0.151. The molecule has 2 saturated carbocycles. The minimum atomic E-state index is -1.80. The summed E-state index contributed by atoms with van der Waals surface area (Å²) in [5.41, 5.74) is -5.63. The maximum atomic E-state index is 14.2. The molecule has 3 fully saturated rings. The molecule has 0 radical (unpaired) electrons. The number of hydrogen-bond acceptors (Lipinski definition) is 8. The van der Waals surface area contributed by atoms with E-state index in [0.717, 1.165) is 5.57 Å². The number of carboxylic acid groups (broad SMARTS) is 1. The molecule has 0 aromatic heterocycles. The van der Waals surface area contributed by atoms with Crippen LogP contribution in [0, 0.1) is 33.5 Å². The molecule has 1 heterocycles. The number of epoxide rings is 1. The van der Waals surface area contributed by atoms with Crippen LogP contribution in [0.1, 0.15) is 73.6 Å². The summed E-state index contributed by atoms with van der Waals surface area (Å²) in [5.74, 6) is -2.90. The predicted molar refractivity (Wildman–Crippen MR) is 139 cm³/mol. The van der Waals surface area contributed by atoms with Crippen LogP contribution in [0.4, 0.5) is 0 Å². The summed E-state index contributed by atoms with van der Waals surface area (Å²) in [5, 5.41) is 53.7. The third kappa shape index (κ3) is 3.28. The van der Waals surface area contributed by atoms with Crippen LogP contribution in [-0.2, 0) is 19.1 Å². The zero-order valence-electron chi connectivity index (χ0n) is 23.7. The van der Waals surface area contributed by atoms with E-state index in [1.807, 2.05) is 13.8 Å². The van der Waals surface area contributed by atoms with Gasteiger partial charge in [0.25, 0.3) is 0 Å². The smallest absolute Gasteiger partial charge is 0.306 e. The molecule has 1 saturated heterocycles. The van der Waals surface area contributed by atoms with Gasteiger partial charge < -0.3 is 30.3 Å². The molecule has 4 aliphatic carbocycles. The topological polar surface area (TPSA) is 165 Å². The van der Waals surface area contributed by atoms with E-state index in [1.165, 1.54) is 19.9 Å². The molecule has 0 aromatic rings. The monoisotopic (exact) mass is 546 g/mol. The lowest BCUT2D eigenvalue weighted by Gasteiger charge is -2.62. The Kier molecular flexibility index (Phi) is 6.10.